The van der Waals surface area contributed by atoms with Gasteiger partial charge in [0.05, 0.1) is 28.8 Å². The molecule has 5 rings (SSSR count). The Morgan fingerprint density at radius 3 is 2.68 bits per heavy atom. The zero-order chi connectivity index (χ0) is 29.2. The van der Waals surface area contributed by atoms with E-state index in [2.05, 4.69) is 83.1 Å². The van der Waals surface area contributed by atoms with Gasteiger partial charge >= 0.3 is 0 Å². The number of rotatable bonds is 10. The highest BCUT2D eigenvalue weighted by atomic mass is 14.9. The van der Waals surface area contributed by atoms with E-state index < -0.39 is 0 Å². The highest BCUT2D eigenvalue weighted by molar-refractivity contribution is 5.90. The largest absolute Gasteiger partial charge is 0.387 e. The summed E-state index contributed by atoms with van der Waals surface area (Å²) in [4.78, 5) is 17.9. The molecule has 6 heteroatoms. The number of aromatic nitrogens is 4. The normalized spacial score (nSPS) is 15.7. The fourth-order valence-corrected chi connectivity index (χ4v) is 5.48. The van der Waals surface area contributed by atoms with Crippen LogP contribution in [0.5, 0.6) is 0 Å². The quantitative estimate of drug-likeness (QED) is 0.180. The third-order valence-electron chi connectivity index (χ3n) is 7.65. The van der Waals surface area contributed by atoms with E-state index in [0.717, 1.165) is 68.5 Å². The second-order valence-electron chi connectivity index (χ2n) is 10.2. The predicted molar refractivity (Wildman–Crippen MR) is 173 cm³/mol. The average molecular weight is 545 g/mol. The molecule has 41 heavy (non-hydrogen) atoms. The van der Waals surface area contributed by atoms with Crippen molar-refractivity contribution in [1.29, 1.82) is 0 Å². The molecule has 0 unspecified atom stereocenters. The number of pyridine rings is 2. The average Bonchev–Trinajstić information content (AvgIpc) is 3.71. The van der Waals surface area contributed by atoms with Crippen molar-refractivity contribution in [3.05, 3.63) is 108 Å². The van der Waals surface area contributed by atoms with Gasteiger partial charge in [0.2, 0.25) is 0 Å². The van der Waals surface area contributed by atoms with Crippen LogP contribution in [0.25, 0.3) is 22.2 Å². The number of allylic oxidation sites excluding steroid dienone is 9. The summed E-state index contributed by atoms with van der Waals surface area (Å²) >= 11 is 0. The maximum Gasteiger partial charge on any atom is 0.115 e. The molecule has 0 spiro atoms. The van der Waals surface area contributed by atoms with Gasteiger partial charge in [0, 0.05) is 31.1 Å². The topological polar surface area (TPSA) is 78.5 Å². The minimum atomic E-state index is 0.524. The monoisotopic (exact) mass is 544 g/mol. The predicted octanol–water partition coefficient (Wildman–Crippen LogP) is 7.73. The van der Waals surface area contributed by atoms with Gasteiger partial charge in [-0.2, -0.15) is 0 Å². The zero-order valence-corrected chi connectivity index (χ0v) is 24.2. The van der Waals surface area contributed by atoms with Crippen molar-refractivity contribution in [1.82, 2.24) is 25.3 Å². The van der Waals surface area contributed by atoms with Crippen LogP contribution in [-0.2, 0) is 6.42 Å². The first-order valence-corrected chi connectivity index (χ1v) is 14.3. The van der Waals surface area contributed by atoms with Crippen LogP contribution in [0.3, 0.4) is 0 Å². The Kier molecular flexibility index (Phi) is 10.1. The zero-order valence-electron chi connectivity index (χ0n) is 24.2. The molecule has 0 aliphatic heterocycles. The Morgan fingerprint density at radius 1 is 1.20 bits per heavy atom. The van der Waals surface area contributed by atoms with E-state index in [1.54, 1.807) is 0 Å². The van der Waals surface area contributed by atoms with Gasteiger partial charge in [-0.15, -0.1) is 12.8 Å². The van der Waals surface area contributed by atoms with Gasteiger partial charge in [-0.25, -0.2) is 4.98 Å². The molecular formula is C35H40N6. The molecule has 0 amide bonds. The van der Waals surface area contributed by atoms with Crippen LogP contribution in [0.1, 0.15) is 68.2 Å². The fraction of sp³-hybridized carbons (Fsp3) is 0.286. The molecule has 3 aromatic heterocycles. The summed E-state index contributed by atoms with van der Waals surface area (Å²) < 4.78 is 0. The summed E-state index contributed by atoms with van der Waals surface area (Å²) in [7, 11) is 1.92. The fourth-order valence-electron chi connectivity index (χ4n) is 5.48. The van der Waals surface area contributed by atoms with Crippen LogP contribution in [0.2, 0.25) is 0 Å². The maximum atomic E-state index is 4.96. The summed E-state index contributed by atoms with van der Waals surface area (Å²) in [5.74, 6) is 1.42. The molecule has 3 N–H and O–H groups in total. The summed E-state index contributed by atoms with van der Waals surface area (Å²) in [5, 5.41) is 6.82. The molecule has 1 fully saturated rings. The van der Waals surface area contributed by atoms with Crippen molar-refractivity contribution in [2.24, 2.45) is 5.92 Å². The molecule has 0 saturated heterocycles. The van der Waals surface area contributed by atoms with Crippen molar-refractivity contribution in [3.8, 4) is 12.8 Å². The minimum Gasteiger partial charge on any atom is -0.387 e. The molecule has 0 aromatic carbocycles. The smallest absolute Gasteiger partial charge is 0.115 e. The van der Waals surface area contributed by atoms with E-state index >= 15 is 0 Å². The molecule has 210 valence electrons. The molecule has 0 radical (unpaired) electrons. The number of nitrogens with zero attached hydrogens (tertiary/aromatic N) is 3. The van der Waals surface area contributed by atoms with Crippen LogP contribution < -0.4 is 10.6 Å². The van der Waals surface area contributed by atoms with E-state index in [4.69, 9.17) is 9.97 Å². The van der Waals surface area contributed by atoms with E-state index in [9.17, 15) is 0 Å². The van der Waals surface area contributed by atoms with Gasteiger partial charge in [0.15, 0.2) is 0 Å². The first kappa shape index (κ1) is 29.4. The summed E-state index contributed by atoms with van der Waals surface area (Å²) in [6.45, 7) is 10.4. The molecule has 2 aliphatic rings. The van der Waals surface area contributed by atoms with E-state index in [1.807, 2.05) is 38.5 Å². The number of imidazole rings is 1. The van der Waals surface area contributed by atoms with E-state index in [0.29, 0.717) is 12.3 Å². The number of fused-ring (bicyclic) bond motifs is 1. The van der Waals surface area contributed by atoms with E-state index in [1.165, 1.54) is 32.1 Å². The van der Waals surface area contributed by atoms with Crippen LogP contribution in [0.15, 0.2) is 85.5 Å². The third kappa shape index (κ3) is 6.93. The number of aromatic amines is 1. The highest BCUT2D eigenvalue weighted by Gasteiger charge is 2.17. The lowest BCUT2D eigenvalue weighted by Crippen LogP contribution is -2.20. The molecule has 0 atom stereocenters. The van der Waals surface area contributed by atoms with Crippen molar-refractivity contribution in [3.63, 3.8) is 0 Å². The SMILES string of the molecule is C#C.C=C/C(=C\C(=C/C)c1cc(Cc2nc3c(C4=CCC=C4)nccc3[nH]2)c(NC)cn1)NC(=C)C1CCCCC1. The Morgan fingerprint density at radius 2 is 2.00 bits per heavy atom. The Hall–Kier alpha value is -4.63. The number of hydrogen-bond acceptors (Lipinski definition) is 5. The van der Waals surface area contributed by atoms with Gasteiger partial charge in [-0.3, -0.25) is 9.97 Å². The molecule has 1 saturated carbocycles. The first-order chi connectivity index (χ1) is 20.1. The lowest BCUT2D eigenvalue weighted by atomic mass is 9.87. The minimum absolute atomic E-state index is 0.524. The third-order valence-corrected chi connectivity index (χ3v) is 7.65. The molecule has 3 heterocycles. The van der Waals surface area contributed by atoms with Crippen LogP contribution in [-0.4, -0.2) is 27.0 Å². The van der Waals surface area contributed by atoms with Gasteiger partial charge in [-0.05, 0) is 73.1 Å². The molecular weight excluding hydrogens is 504 g/mol. The van der Waals surface area contributed by atoms with Crippen molar-refractivity contribution < 1.29 is 0 Å². The highest BCUT2D eigenvalue weighted by Crippen LogP contribution is 2.30. The molecule has 2 aliphatic carbocycles. The lowest BCUT2D eigenvalue weighted by molar-refractivity contribution is 0.393. The Balaban J connectivity index is 0.00000189. The molecule has 3 aromatic rings. The Bertz CT molecular complexity index is 1540. The number of terminal acetylenes is 1. The van der Waals surface area contributed by atoms with Gasteiger partial charge in [-0.1, -0.05) is 56.7 Å². The van der Waals surface area contributed by atoms with Gasteiger partial charge in [0.1, 0.15) is 11.3 Å². The summed E-state index contributed by atoms with van der Waals surface area (Å²) in [6, 6.07) is 4.13. The number of anilines is 1. The van der Waals surface area contributed by atoms with Gasteiger partial charge < -0.3 is 15.6 Å². The summed E-state index contributed by atoms with van der Waals surface area (Å²) in [6.07, 6.45) is 32.1. The van der Waals surface area contributed by atoms with Crippen LogP contribution in [0, 0.1) is 18.8 Å². The number of H-pyrrole nitrogens is 1. The van der Waals surface area contributed by atoms with Gasteiger partial charge in [0.25, 0.3) is 0 Å². The van der Waals surface area contributed by atoms with Crippen molar-refractivity contribution in [2.75, 3.05) is 12.4 Å². The van der Waals surface area contributed by atoms with Crippen molar-refractivity contribution >= 4 is 27.9 Å². The second kappa shape index (κ2) is 14.1. The Labute approximate surface area is 244 Å². The second-order valence-corrected chi connectivity index (χ2v) is 10.2. The summed E-state index contributed by atoms with van der Waals surface area (Å²) in [5.41, 5.74) is 9.98. The van der Waals surface area contributed by atoms with E-state index in [-0.39, 0.29) is 0 Å². The first-order valence-electron chi connectivity index (χ1n) is 14.3. The van der Waals surface area contributed by atoms with Crippen molar-refractivity contribution in [2.45, 2.75) is 51.9 Å². The molecule has 0 bridgehead atoms. The number of nitrogens with one attached hydrogen (secondary N) is 3. The standard InChI is InChI=1S/C33H38N6.C2H2/c1-5-23(18-27(6-2)37-22(3)24-12-8-7-9-13-24)29-19-26(30(34-4)21-36-29)20-31-38-28-16-17-35-32(33(28)39-31)25-14-10-11-15-25;1-2/h5-6,10,14-19,21,24,34,37H,2-3,7-9,11-13,20H2,1,4H3,(H,38,39);1-2H/b23-5+,27-18+;. The molecule has 6 nitrogen and oxygen atoms in total. The van der Waals surface area contributed by atoms with Crippen LogP contribution >= 0.6 is 0 Å². The lowest BCUT2D eigenvalue weighted by Gasteiger charge is -2.25. The number of hydrogen-bond donors (Lipinski definition) is 3. The maximum absolute atomic E-state index is 4.96. The van der Waals surface area contributed by atoms with Crippen LogP contribution in [0.4, 0.5) is 5.69 Å².